The molecule has 3 heterocycles. The molecule has 1 amide bonds. The monoisotopic (exact) mass is 418 g/mol. The van der Waals surface area contributed by atoms with Crippen LogP contribution in [0, 0.1) is 13.8 Å². The molecule has 0 atom stereocenters. The maximum Gasteiger partial charge on any atom is 0.259 e. The van der Waals surface area contributed by atoms with E-state index >= 15 is 0 Å². The van der Waals surface area contributed by atoms with E-state index in [4.69, 9.17) is 0 Å². The zero-order chi connectivity index (χ0) is 21.1. The number of fused-ring (bicyclic) bond motifs is 1. The highest BCUT2D eigenvalue weighted by atomic mass is 32.1. The largest absolute Gasteiger partial charge is 0.331 e. The number of H-pyrrole nitrogens is 1. The van der Waals surface area contributed by atoms with Gasteiger partial charge in [-0.25, -0.2) is 4.98 Å². The van der Waals surface area contributed by atoms with Gasteiger partial charge in [-0.05, 0) is 43.5 Å². The van der Waals surface area contributed by atoms with Gasteiger partial charge in [-0.1, -0.05) is 30.3 Å². The number of thiophene rings is 1. The van der Waals surface area contributed by atoms with Gasteiger partial charge in [0.2, 0.25) is 0 Å². The van der Waals surface area contributed by atoms with E-state index in [1.807, 2.05) is 44.2 Å². The Morgan fingerprint density at radius 3 is 2.57 bits per heavy atom. The molecule has 0 radical (unpaired) electrons. The lowest BCUT2D eigenvalue weighted by atomic mass is 10.1. The number of hydrogen-bond acceptors (Lipinski definition) is 5. The van der Waals surface area contributed by atoms with Crippen LogP contribution in [0.5, 0.6) is 0 Å². The Kier molecular flexibility index (Phi) is 5.72. The molecule has 1 aromatic carbocycles. The number of pyridine rings is 1. The van der Waals surface area contributed by atoms with Gasteiger partial charge in [0.25, 0.3) is 11.5 Å². The maximum absolute atomic E-state index is 13.2. The van der Waals surface area contributed by atoms with E-state index < -0.39 is 0 Å². The average molecular weight is 419 g/mol. The van der Waals surface area contributed by atoms with Gasteiger partial charge in [0.15, 0.2) is 0 Å². The number of aromatic nitrogens is 3. The number of aryl methyl sites for hydroxylation is 2. The third-order valence-electron chi connectivity index (χ3n) is 5.16. The molecular formula is C23H22N4O2S. The molecule has 0 fully saturated rings. The van der Waals surface area contributed by atoms with Crippen molar-refractivity contribution in [3.63, 3.8) is 0 Å². The van der Waals surface area contributed by atoms with Crippen LogP contribution in [0.15, 0.2) is 59.7 Å². The predicted molar refractivity (Wildman–Crippen MR) is 119 cm³/mol. The van der Waals surface area contributed by atoms with Crippen LogP contribution in [-0.2, 0) is 13.0 Å². The molecule has 0 aliphatic carbocycles. The number of aromatic amines is 1. The Hall–Kier alpha value is -3.32. The number of carbonyl (C=O) groups is 1. The Morgan fingerprint density at radius 2 is 1.83 bits per heavy atom. The molecule has 0 saturated heterocycles. The minimum absolute atomic E-state index is 0.116. The van der Waals surface area contributed by atoms with Crippen LogP contribution in [0.3, 0.4) is 0 Å². The van der Waals surface area contributed by atoms with Crippen LogP contribution < -0.4 is 5.56 Å². The molecule has 4 rings (SSSR count). The first kappa shape index (κ1) is 20.0. The Bertz CT molecular complexity index is 1230. The number of benzene rings is 1. The van der Waals surface area contributed by atoms with Crippen molar-refractivity contribution in [3.8, 4) is 0 Å². The van der Waals surface area contributed by atoms with Crippen LogP contribution >= 0.6 is 11.3 Å². The second-order valence-corrected chi connectivity index (χ2v) is 8.38. The van der Waals surface area contributed by atoms with Gasteiger partial charge >= 0.3 is 0 Å². The van der Waals surface area contributed by atoms with Crippen LogP contribution in [0.2, 0.25) is 0 Å². The summed E-state index contributed by atoms with van der Waals surface area (Å²) in [5, 5.41) is 0.637. The number of rotatable bonds is 6. The van der Waals surface area contributed by atoms with E-state index in [-0.39, 0.29) is 18.0 Å². The molecular weight excluding hydrogens is 396 g/mol. The van der Waals surface area contributed by atoms with Crippen molar-refractivity contribution in [2.75, 3.05) is 6.54 Å². The van der Waals surface area contributed by atoms with Crippen molar-refractivity contribution in [1.82, 2.24) is 19.9 Å². The van der Waals surface area contributed by atoms with Gasteiger partial charge in [-0.15, -0.1) is 11.3 Å². The van der Waals surface area contributed by atoms with E-state index in [2.05, 4.69) is 15.0 Å². The lowest BCUT2D eigenvalue weighted by Crippen LogP contribution is -2.34. The average Bonchev–Trinajstić information content (AvgIpc) is 3.05. The van der Waals surface area contributed by atoms with Crippen LogP contribution in [0.25, 0.3) is 10.2 Å². The summed E-state index contributed by atoms with van der Waals surface area (Å²) in [7, 11) is 0. The molecule has 7 heteroatoms. The molecule has 0 aliphatic heterocycles. The molecule has 0 saturated carbocycles. The zero-order valence-electron chi connectivity index (χ0n) is 16.9. The summed E-state index contributed by atoms with van der Waals surface area (Å²) in [5.74, 6) is 0.374. The van der Waals surface area contributed by atoms with Crippen molar-refractivity contribution < 1.29 is 4.79 Å². The van der Waals surface area contributed by atoms with Crippen molar-refractivity contribution in [3.05, 3.63) is 92.6 Å². The second kappa shape index (κ2) is 8.59. The lowest BCUT2D eigenvalue weighted by Gasteiger charge is -2.22. The maximum atomic E-state index is 13.2. The van der Waals surface area contributed by atoms with Crippen molar-refractivity contribution in [2.45, 2.75) is 26.8 Å². The minimum Gasteiger partial charge on any atom is -0.331 e. The number of hydrogen-bond donors (Lipinski definition) is 1. The van der Waals surface area contributed by atoms with Gasteiger partial charge in [-0.3, -0.25) is 14.6 Å². The highest BCUT2D eigenvalue weighted by molar-refractivity contribution is 7.18. The number of nitrogens with one attached hydrogen (secondary N) is 1. The first-order chi connectivity index (χ1) is 14.5. The van der Waals surface area contributed by atoms with Crippen molar-refractivity contribution in [2.24, 2.45) is 0 Å². The zero-order valence-corrected chi connectivity index (χ0v) is 17.7. The van der Waals surface area contributed by atoms with E-state index in [0.29, 0.717) is 34.6 Å². The molecule has 0 bridgehead atoms. The Labute approximate surface area is 178 Å². The molecule has 0 spiro atoms. The molecule has 152 valence electrons. The van der Waals surface area contributed by atoms with Gasteiger partial charge in [0, 0.05) is 29.4 Å². The normalized spacial score (nSPS) is 11.0. The smallest absolute Gasteiger partial charge is 0.259 e. The standard InChI is InChI=1S/C23H22N4O2S/c1-15-16(2)30-22-20(15)21(28)25-19(26-22)14-27(13-10-17-6-4-3-5-7-17)23(29)18-8-11-24-12-9-18/h3-9,11-12H,10,13-14H2,1-2H3,(H,25,26,28). The van der Waals surface area contributed by atoms with E-state index in [1.165, 1.54) is 11.3 Å². The summed E-state index contributed by atoms with van der Waals surface area (Å²) in [5.41, 5.74) is 2.51. The number of carbonyl (C=O) groups excluding carboxylic acids is 1. The lowest BCUT2D eigenvalue weighted by molar-refractivity contribution is 0.0740. The fourth-order valence-corrected chi connectivity index (χ4v) is 4.44. The Balaban J connectivity index is 1.64. The summed E-state index contributed by atoms with van der Waals surface area (Å²) in [6.07, 6.45) is 3.92. The minimum atomic E-state index is -0.156. The molecule has 0 aliphatic rings. The van der Waals surface area contributed by atoms with E-state index in [1.54, 1.807) is 29.4 Å². The summed E-state index contributed by atoms with van der Waals surface area (Å²) in [4.78, 5) is 40.8. The molecule has 6 nitrogen and oxygen atoms in total. The summed E-state index contributed by atoms with van der Waals surface area (Å²) in [6.45, 7) is 4.66. The molecule has 4 aromatic rings. The third kappa shape index (κ3) is 4.16. The van der Waals surface area contributed by atoms with E-state index in [9.17, 15) is 9.59 Å². The SMILES string of the molecule is Cc1sc2nc(CN(CCc3ccccc3)C(=O)c3ccncc3)[nH]c(=O)c2c1C. The van der Waals surface area contributed by atoms with E-state index in [0.717, 1.165) is 16.0 Å². The van der Waals surface area contributed by atoms with Crippen molar-refractivity contribution in [1.29, 1.82) is 0 Å². The number of nitrogens with zero attached hydrogens (tertiary/aromatic N) is 3. The fraction of sp³-hybridized carbons (Fsp3) is 0.217. The third-order valence-corrected chi connectivity index (χ3v) is 6.26. The van der Waals surface area contributed by atoms with Gasteiger partial charge < -0.3 is 9.88 Å². The van der Waals surface area contributed by atoms with Crippen molar-refractivity contribution >= 4 is 27.5 Å². The highest BCUT2D eigenvalue weighted by Gasteiger charge is 2.19. The topological polar surface area (TPSA) is 79.0 Å². The number of amides is 1. The predicted octanol–water partition coefficient (Wildman–Crippen LogP) is 3.88. The quantitative estimate of drug-likeness (QED) is 0.515. The summed E-state index contributed by atoms with van der Waals surface area (Å²) in [6, 6.07) is 13.4. The molecule has 1 N–H and O–H groups in total. The summed E-state index contributed by atoms with van der Waals surface area (Å²) < 4.78 is 0. The van der Waals surface area contributed by atoms with Gasteiger partial charge in [0.1, 0.15) is 10.7 Å². The first-order valence-corrected chi connectivity index (χ1v) is 10.6. The highest BCUT2D eigenvalue weighted by Crippen LogP contribution is 2.25. The Morgan fingerprint density at radius 1 is 1.10 bits per heavy atom. The molecule has 30 heavy (non-hydrogen) atoms. The first-order valence-electron chi connectivity index (χ1n) is 9.75. The van der Waals surface area contributed by atoms with Crippen LogP contribution in [-0.4, -0.2) is 32.3 Å². The fourth-order valence-electron chi connectivity index (χ4n) is 3.39. The second-order valence-electron chi connectivity index (χ2n) is 7.17. The van der Waals surface area contributed by atoms with Gasteiger partial charge in [-0.2, -0.15) is 0 Å². The van der Waals surface area contributed by atoms with Crippen LogP contribution in [0.1, 0.15) is 32.2 Å². The summed E-state index contributed by atoms with van der Waals surface area (Å²) >= 11 is 1.51. The van der Waals surface area contributed by atoms with Crippen LogP contribution in [0.4, 0.5) is 0 Å². The molecule has 3 aromatic heterocycles. The van der Waals surface area contributed by atoms with Gasteiger partial charge in [0.05, 0.1) is 11.9 Å². The molecule has 0 unspecified atom stereocenters.